The number of carbonyl (C=O) groups is 1. The Balaban J connectivity index is 1.66. The lowest BCUT2D eigenvalue weighted by atomic mass is 9.96. The van der Waals surface area contributed by atoms with Crippen molar-refractivity contribution in [2.75, 3.05) is 6.54 Å². The van der Waals surface area contributed by atoms with Gasteiger partial charge in [-0.3, -0.25) is 4.79 Å². The van der Waals surface area contributed by atoms with Crippen molar-refractivity contribution in [2.45, 2.75) is 19.4 Å². The molecule has 6 heteroatoms. The minimum atomic E-state index is -1.14. The number of amides is 1. The van der Waals surface area contributed by atoms with Gasteiger partial charge in [0.25, 0.3) is 5.91 Å². The highest BCUT2D eigenvalue weighted by Gasteiger charge is 2.24. The van der Waals surface area contributed by atoms with Crippen molar-refractivity contribution in [3.05, 3.63) is 64.2 Å². The maximum absolute atomic E-state index is 12.3. The maximum Gasteiger partial charge on any atom is 0.254 e. The molecule has 0 radical (unpaired) electrons. The van der Waals surface area contributed by atoms with E-state index in [-0.39, 0.29) is 12.5 Å². The first-order chi connectivity index (χ1) is 11.5. The average molecular weight is 342 g/mol. The molecular weight excluding hydrogens is 324 g/mol. The summed E-state index contributed by atoms with van der Waals surface area (Å²) in [5.74, 6) is 0.257. The Labute approximate surface area is 144 Å². The van der Waals surface area contributed by atoms with Gasteiger partial charge >= 0.3 is 0 Å². The molecule has 0 saturated heterocycles. The van der Waals surface area contributed by atoms with Crippen molar-refractivity contribution in [3.8, 4) is 11.5 Å². The zero-order chi connectivity index (χ0) is 17.2. The number of furan rings is 1. The van der Waals surface area contributed by atoms with E-state index in [9.17, 15) is 9.90 Å². The van der Waals surface area contributed by atoms with Gasteiger partial charge in [0.15, 0.2) is 5.76 Å². The summed E-state index contributed by atoms with van der Waals surface area (Å²) in [5.41, 5.74) is 0.721. The van der Waals surface area contributed by atoms with Crippen LogP contribution in [0.15, 0.2) is 52.5 Å². The fraction of sp³-hybridized carbons (Fsp3) is 0.222. The number of aromatic nitrogens is 1. The molecule has 0 bridgehead atoms. The van der Waals surface area contributed by atoms with Crippen LogP contribution in [0.5, 0.6) is 0 Å². The highest BCUT2D eigenvalue weighted by Crippen LogP contribution is 2.24. The van der Waals surface area contributed by atoms with E-state index in [4.69, 9.17) is 4.42 Å². The Bertz CT molecular complexity index is 837. The van der Waals surface area contributed by atoms with Crippen LogP contribution in [0.4, 0.5) is 0 Å². The van der Waals surface area contributed by atoms with Crippen molar-refractivity contribution in [2.24, 2.45) is 0 Å². The summed E-state index contributed by atoms with van der Waals surface area (Å²) in [6, 6.07) is 10.9. The monoisotopic (exact) mass is 342 g/mol. The van der Waals surface area contributed by atoms with Gasteiger partial charge in [-0.2, -0.15) is 0 Å². The van der Waals surface area contributed by atoms with Crippen LogP contribution in [0.25, 0.3) is 11.5 Å². The molecule has 0 fully saturated rings. The molecule has 0 spiro atoms. The zero-order valence-corrected chi connectivity index (χ0v) is 14.3. The number of aliphatic hydroxyl groups is 1. The van der Waals surface area contributed by atoms with Gasteiger partial charge in [0, 0.05) is 5.38 Å². The first-order valence-corrected chi connectivity index (χ1v) is 8.41. The smallest absolute Gasteiger partial charge is 0.254 e. The third-order valence-electron chi connectivity index (χ3n) is 3.72. The number of thiazole rings is 1. The molecule has 2 heterocycles. The molecule has 1 unspecified atom stereocenters. The summed E-state index contributed by atoms with van der Waals surface area (Å²) in [6.45, 7) is 3.68. The Morgan fingerprint density at radius 2 is 2.12 bits per heavy atom. The normalized spacial score (nSPS) is 13.5. The second-order valence-corrected chi connectivity index (χ2v) is 6.84. The number of hydrogen-bond donors (Lipinski definition) is 2. The minimum absolute atomic E-state index is 0.103. The Hall–Kier alpha value is -2.44. The van der Waals surface area contributed by atoms with Crippen LogP contribution in [0.3, 0.4) is 0 Å². The van der Waals surface area contributed by atoms with E-state index < -0.39 is 5.60 Å². The van der Waals surface area contributed by atoms with Gasteiger partial charge in [-0.25, -0.2) is 4.98 Å². The maximum atomic E-state index is 12.3. The van der Waals surface area contributed by atoms with Gasteiger partial charge in [0.05, 0.1) is 17.1 Å². The fourth-order valence-corrected chi connectivity index (χ4v) is 2.92. The summed E-state index contributed by atoms with van der Waals surface area (Å²) in [4.78, 5) is 16.6. The lowest BCUT2D eigenvalue weighted by Crippen LogP contribution is -2.38. The first kappa shape index (κ1) is 16.4. The van der Waals surface area contributed by atoms with Crippen molar-refractivity contribution < 1.29 is 14.3 Å². The van der Waals surface area contributed by atoms with Gasteiger partial charge in [-0.05, 0) is 25.5 Å². The summed E-state index contributed by atoms with van der Waals surface area (Å²) >= 11 is 1.52. The predicted molar refractivity (Wildman–Crippen MR) is 92.9 cm³/mol. The van der Waals surface area contributed by atoms with Crippen molar-refractivity contribution in [1.82, 2.24) is 10.3 Å². The van der Waals surface area contributed by atoms with Gasteiger partial charge in [-0.1, -0.05) is 30.3 Å². The SMILES string of the molecule is Cc1nc(-c2cc(C(=O)NCC(C)(O)c3ccccc3)co2)cs1. The highest BCUT2D eigenvalue weighted by atomic mass is 32.1. The minimum Gasteiger partial charge on any atom is -0.462 e. The number of nitrogens with zero attached hydrogens (tertiary/aromatic N) is 1. The van der Waals surface area contributed by atoms with Crippen molar-refractivity contribution in [3.63, 3.8) is 0 Å². The molecule has 0 saturated carbocycles. The van der Waals surface area contributed by atoms with E-state index in [1.54, 1.807) is 13.0 Å². The summed E-state index contributed by atoms with van der Waals surface area (Å²) in [7, 11) is 0. The summed E-state index contributed by atoms with van der Waals surface area (Å²) in [6.07, 6.45) is 1.40. The number of nitrogens with one attached hydrogen (secondary N) is 1. The molecule has 1 atom stereocenters. The molecule has 0 aliphatic rings. The van der Waals surface area contributed by atoms with E-state index in [1.165, 1.54) is 17.6 Å². The van der Waals surface area contributed by atoms with Crippen LogP contribution in [-0.2, 0) is 5.60 Å². The number of carbonyl (C=O) groups excluding carboxylic acids is 1. The molecule has 1 amide bonds. The standard InChI is InChI=1S/C18H18N2O3S/c1-12-20-15(10-24-12)16-8-13(9-23-16)17(21)19-11-18(2,22)14-6-4-3-5-7-14/h3-10,22H,11H2,1-2H3,(H,19,21). The third kappa shape index (κ3) is 3.55. The van der Waals surface area contributed by atoms with E-state index in [0.717, 1.165) is 10.6 Å². The molecule has 0 aliphatic carbocycles. The molecule has 2 aromatic heterocycles. The third-order valence-corrected chi connectivity index (χ3v) is 4.50. The molecule has 24 heavy (non-hydrogen) atoms. The predicted octanol–water partition coefficient (Wildman–Crippen LogP) is 3.35. The lowest BCUT2D eigenvalue weighted by molar-refractivity contribution is 0.0526. The quantitative estimate of drug-likeness (QED) is 0.745. The number of rotatable bonds is 5. The highest BCUT2D eigenvalue weighted by molar-refractivity contribution is 7.09. The molecular formula is C18H18N2O3S. The van der Waals surface area contributed by atoms with Gasteiger partial charge in [0.2, 0.25) is 0 Å². The summed E-state index contributed by atoms with van der Waals surface area (Å²) < 4.78 is 5.42. The fourth-order valence-electron chi connectivity index (χ4n) is 2.32. The largest absolute Gasteiger partial charge is 0.462 e. The molecule has 1 aromatic carbocycles. The van der Waals surface area contributed by atoms with E-state index >= 15 is 0 Å². The second-order valence-electron chi connectivity index (χ2n) is 5.77. The van der Waals surface area contributed by atoms with Crippen LogP contribution < -0.4 is 5.32 Å². The Kier molecular flexibility index (Phi) is 4.51. The van der Waals surface area contributed by atoms with Gasteiger partial charge in [-0.15, -0.1) is 11.3 Å². The van der Waals surface area contributed by atoms with Crippen molar-refractivity contribution >= 4 is 17.2 Å². The molecule has 0 aliphatic heterocycles. The van der Waals surface area contributed by atoms with Crippen LogP contribution in [0.1, 0.15) is 27.9 Å². The van der Waals surface area contributed by atoms with Crippen molar-refractivity contribution in [1.29, 1.82) is 0 Å². The van der Waals surface area contributed by atoms with Gasteiger partial charge in [0.1, 0.15) is 17.6 Å². The van der Waals surface area contributed by atoms with Crippen LogP contribution in [0, 0.1) is 6.92 Å². The van der Waals surface area contributed by atoms with E-state index in [1.807, 2.05) is 42.6 Å². The average Bonchev–Trinajstić information content (AvgIpc) is 3.22. The van der Waals surface area contributed by atoms with Crippen LogP contribution in [-0.4, -0.2) is 22.5 Å². The molecule has 3 rings (SSSR count). The van der Waals surface area contributed by atoms with Crippen LogP contribution >= 0.6 is 11.3 Å². The lowest BCUT2D eigenvalue weighted by Gasteiger charge is -2.24. The first-order valence-electron chi connectivity index (χ1n) is 7.53. The number of hydrogen-bond acceptors (Lipinski definition) is 5. The second kappa shape index (κ2) is 6.59. The number of benzene rings is 1. The Morgan fingerprint density at radius 1 is 1.38 bits per heavy atom. The topological polar surface area (TPSA) is 75.4 Å². The van der Waals surface area contributed by atoms with E-state index in [2.05, 4.69) is 10.3 Å². The van der Waals surface area contributed by atoms with Crippen LogP contribution in [0.2, 0.25) is 0 Å². The van der Waals surface area contributed by atoms with Gasteiger partial charge < -0.3 is 14.8 Å². The summed E-state index contributed by atoms with van der Waals surface area (Å²) in [5, 5.41) is 16.1. The zero-order valence-electron chi connectivity index (χ0n) is 13.4. The molecule has 2 N–H and O–H groups in total. The molecule has 3 aromatic rings. The van der Waals surface area contributed by atoms with E-state index in [0.29, 0.717) is 17.0 Å². The molecule has 124 valence electrons. The molecule has 5 nitrogen and oxygen atoms in total. The number of aryl methyl sites for hydroxylation is 1. The Morgan fingerprint density at radius 3 is 2.79 bits per heavy atom.